The summed E-state index contributed by atoms with van der Waals surface area (Å²) < 4.78 is 0. The summed E-state index contributed by atoms with van der Waals surface area (Å²) in [5, 5.41) is 11.3. The van der Waals surface area contributed by atoms with Gasteiger partial charge in [0.2, 0.25) is 5.91 Å². The molecule has 0 aliphatic rings. The van der Waals surface area contributed by atoms with Crippen molar-refractivity contribution in [1.29, 1.82) is 0 Å². The van der Waals surface area contributed by atoms with Crippen LogP contribution in [0, 0.1) is 10.1 Å². The molecule has 0 saturated heterocycles. The minimum Gasteiger partial charge on any atom is -0.366 e. The molecule has 0 saturated carbocycles. The van der Waals surface area contributed by atoms with Crippen LogP contribution in [0.15, 0.2) is 41.9 Å². The molecule has 17 heavy (non-hydrogen) atoms. The molecule has 2 N–H and O–H groups in total. The molecule has 1 aromatic carbocycles. The highest BCUT2D eigenvalue weighted by atomic mass is 32.1. The van der Waals surface area contributed by atoms with Gasteiger partial charge >= 0.3 is 5.13 Å². The van der Waals surface area contributed by atoms with Crippen LogP contribution in [-0.4, -0.2) is 15.8 Å². The highest BCUT2D eigenvalue weighted by Crippen LogP contribution is 2.12. The van der Waals surface area contributed by atoms with E-state index in [1.165, 1.54) is 6.20 Å². The Labute approximate surface area is 101 Å². The van der Waals surface area contributed by atoms with Crippen molar-refractivity contribution in [2.45, 2.75) is 0 Å². The lowest BCUT2D eigenvalue weighted by Gasteiger charge is -1.89. The first-order valence-corrected chi connectivity index (χ1v) is 5.38. The van der Waals surface area contributed by atoms with Gasteiger partial charge in [0.05, 0.1) is 0 Å². The van der Waals surface area contributed by atoms with E-state index in [2.05, 4.69) is 4.98 Å². The largest absolute Gasteiger partial charge is 0.423 e. The van der Waals surface area contributed by atoms with Gasteiger partial charge in [-0.15, -0.1) is 0 Å². The number of carbonyl (C=O) groups excluding carboxylic acids is 1. The fraction of sp³-hybridized carbons (Fsp3) is 0. The highest BCUT2D eigenvalue weighted by molar-refractivity contribution is 7.12. The Morgan fingerprint density at radius 3 is 2.29 bits per heavy atom. The Morgan fingerprint density at radius 2 is 2.00 bits per heavy atom. The van der Waals surface area contributed by atoms with E-state index < -0.39 is 4.92 Å². The van der Waals surface area contributed by atoms with Crippen molar-refractivity contribution in [3.05, 3.63) is 57.6 Å². The smallest absolute Gasteiger partial charge is 0.366 e. The first kappa shape index (κ1) is 12.8. The molecule has 0 aliphatic carbocycles. The van der Waals surface area contributed by atoms with Crippen molar-refractivity contribution >= 4 is 22.4 Å². The number of nitrogens with two attached hydrogens (primary N) is 1. The van der Waals surface area contributed by atoms with Crippen molar-refractivity contribution in [2.24, 2.45) is 5.73 Å². The first-order chi connectivity index (χ1) is 8.11. The molecular weight excluding hydrogens is 242 g/mol. The molecule has 0 bridgehead atoms. The van der Waals surface area contributed by atoms with E-state index in [9.17, 15) is 14.9 Å². The number of rotatable bonds is 2. The normalized spacial score (nSPS) is 8.94. The molecule has 0 aliphatic heterocycles. The van der Waals surface area contributed by atoms with Gasteiger partial charge in [0.15, 0.2) is 6.20 Å². The second-order valence-corrected chi connectivity index (χ2v) is 3.68. The monoisotopic (exact) mass is 251 g/mol. The van der Waals surface area contributed by atoms with E-state index in [1.807, 2.05) is 6.07 Å². The number of hydrogen-bond donors (Lipinski definition) is 1. The predicted octanol–water partition coefficient (Wildman–Crippen LogP) is 1.84. The molecular formula is C10H9N3O3S. The summed E-state index contributed by atoms with van der Waals surface area (Å²) in [5.74, 6) is -0.379. The van der Waals surface area contributed by atoms with Gasteiger partial charge in [0, 0.05) is 10.9 Å². The maximum absolute atomic E-state index is 10.4. The van der Waals surface area contributed by atoms with Gasteiger partial charge in [0.25, 0.3) is 0 Å². The number of nitrogens with zero attached hydrogens (tertiary/aromatic N) is 2. The van der Waals surface area contributed by atoms with Crippen molar-refractivity contribution in [2.75, 3.05) is 0 Å². The average molecular weight is 251 g/mol. The summed E-state index contributed by atoms with van der Waals surface area (Å²) in [4.78, 5) is 23.2. The van der Waals surface area contributed by atoms with E-state index in [0.29, 0.717) is 5.56 Å². The summed E-state index contributed by atoms with van der Waals surface area (Å²) in [7, 11) is 0. The molecule has 1 heterocycles. The predicted molar refractivity (Wildman–Crippen MR) is 63.7 cm³/mol. The molecule has 2 aromatic rings. The number of amides is 1. The summed E-state index contributed by atoms with van der Waals surface area (Å²) in [5.41, 5.74) is 5.53. The molecule has 6 nitrogen and oxygen atoms in total. The molecule has 7 heteroatoms. The third-order valence-electron chi connectivity index (χ3n) is 1.63. The van der Waals surface area contributed by atoms with Gasteiger partial charge in [-0.05, 0) is 33.4 Å². The van der Waals surface area contributed by atoms with Crippen LogP contribution in [0.25, 0.3) is 0 Å². The number of carbonyl (C=O) groups is 1. The summed E-state index contributed by atoms with van der Waals surface area (Å²) in [6.45, 7) is 0. The zero-order chi connectivity index (χ0) is 12.7. The molecule has 88 valence electrons. The van der Waals surface area contributed by atoms with Crippen LogP contribution >= 0.6 is 11.3 Å². The second-order valence-electron chi connectivity index (χ2n) is 2.80. The maximum Gasteiger partial charge on any atom is 0.423 e. The highest BCUT2D eigenvalue weighted by Gasteiger charge is 2.04. The zero-order valence-electron chi connectivity index (χ0n) is 8.65. The molecule has 0 fully saturated rings. The van der Waals surface area contributed by atoms with Crippen LogP contribution in [0.4, 0.5) is 5.13 Å². The fourth-order valence-corrected chi connectivity index (χ4v) is 1.36. The maximum atomic E-state index is 10.4. The van der Waals surface area contributed by atoms with Crippen molar-refractivity contribution in [3.63, 3.8) is 0 Å². The first-order valence-electron chi connectivity index (χ1n) is 4.50. The second kappa shape index (κ2) is 6.33. The number of primary amides is 1. The Morgan fingerprint density at radius 1 is 1.35 bits per heavy atom. The van der Waals surface area contributed by atoms with E-state index >= 15 is 0 Å². The number of benzene rings is 1. The van der Waals surface area contributed by atoms with Gasteiger partial charge < -0.3 is 15.8 Å². The third kappa shape index (κ3) is 4.39. The van der Waals surface area contributed by atoms with E-state index in [4.69, 9.17) is 5.73 Å². The summed E-state index contributed by atoms with van der Waals surface area (Å²) >= 11 is 1.02. The Kier molecular flexibility index (Phi) is 4.77. The quantitative estimate of drug-likeness (QED) is 0.650. The zero-order valence-corrected chi connectivity index (χ0v) is 9.46. The van der Waals surface area contributed by atoms with Crippen LogP contribution in [0.2, 0.25) is 0 Å². The van der Waals surface area contributed by atoms with Gasteiger partial charge in [-0.1, -0.05) is 18.2 Å². The Balaban J connectivity index is 0.000000171. The summed E-state index contributed by atoms with van der Waals surface area (Å²) in [6.07, 6.45) is 1.41. The minimum atomic E-state index is -0.509. The van der Waals surface area contributed by atoms with Crippen LogP contribution in [0.3, 0.4) is 0 Å². The van der Waals surface area contributed by atoms with E-state index in [0.717, 1.165) is 11.3 Å². The van der Waals surface area contributed by atoms with Crippen LogP contribution in [0.1, 0.15) is 10.4 Å². The molecule has 1 aromatic heterocycles. The Hall–Kier alpha value is -2.28. The number of hydrogen-bond acceptors (Lipinski definition) is 5. The van der Waals surface area contributed by atoms with Gasteiger partial charge in [-0.2, -0.15) is 0 Å². The lowest BCUT2D eigenvalue weighted by molar-refractivity contribution is -0.384. The average Bonchev–Trinajstić information content (AvgIpc) is 2.84. The lowest BCUT2D eigenvalue weighted by Crippen LogP contribution is -2.09. The molecule has 1 amide bonds. The Bertz CT molecular complexity index is 485. The number of nitro groups is 1. The molecule has 0 unspecified atom stereocenters. The van der Waals surface area contributed by atoms with E-state index in [-0.39, 0.29) is 11.0 Å². The summed E-state index contributed by atoms with van der Waals surface area (Å²) in [6, 6.07) is 8.76. The topological polar surface area (TPSA) is 99.1 Å². The number of aromatic nitrogens is 1. The van der Waals surface area contributed by atoms with Crippen LogP contribution < -0.4 is 5.73 Å². The molecule has 0 spiro atoms. The minimum absolute atomic E-state index is 0.0509. The van der Waals surface area contributed by atoms with Gasteiger partial charge in [0.1, 0.15) is 0 Å². The SMILES string of the molecule is NC(=O)c1ccccc1.O=[N+]([O-])c1nccs1. The van der Waals surface area contributed by atoms with Crippen molar-refractivity contribution in [1.82, 2.24) is 4.98 Å². The van der Waals surface area contributed by atoms with Crippen molar-refractivity contribution < 1.29 is 9.72 Å². The van der Waals surface area contributed by atoms with Crippen LogP contribution in [-0.2, 0) is 0 Å². The molecule has 0 atom stereocenters. The van der Waals surface area contributed by atoms with Crippen molar-refractivity contribution in [3.8, 4) is 0 Å². The lowest BCUT2D eigenvalue weighted by atomic mass is 10.2. The van der Waals surface area contributed by atoms with Gasteiger partial charge in [-0.25, -0.2) is 0 Å². The fourth-order valence-electron chi connectivity index (χ4n) is 0.909. The van der Waals surface area contributed by atoms with Gasteiger partial charge in [-0.3, -0.25) is 4.79 Å². The molecule has 0 radical (unpaired) electrons. The number of thiazole rings is 1. The van der Waals surface area contributed by atoms with Crippen LogP contribution in [0.5, 0.6) is 0 Å². The molecule has 2 rings (SSSR count). The van der Waals surface area contributed by atoms with E-state index in [1.54, 1.807) is 29.6 Å². The third-order valence-corrected chi connectivity index (χ3v) is 2.36. The standard InChI is InChI=1S/C7H7NO.C3H2N2O2S/c8-7(9)6-4-2-1-3-5-6;6-5(7)3-4-1-2-8-3/h1-5H,(H2,8,9);1-2H.